The first-order chi connectivity index (χ1) is 11.3. The normalized spacial score (nSPS) is 11.0. The molecule has 0 aliphatic heterocycles. The number of aromatic amines is 1. The number of benzene rings is 1. The Morgan fingerprint density at radius 1 is 1.17 bits per heavy atom. The molecule has 0 fully saturated rings. The minimum atomic E-state index is 0.593. The van der Waals surface area contributed by atoms with Crippen LogP contribution in [0.25, 0.3) is 16.9 Å². The Balaban J connectivity index is 1.60. The van der Waals surface area contributed by atoms with Gasteiger partial charge in [0.05, 0.1) is 24.1 Å². The molecule has 23 heavy (non-hydrogen) atoms. The average Bonchev–Trinajstić information content (AvgIpc) is 3.30. The van der Waals surface area contributed by atoms with Crippen molar-refractivity contribution in [3.05, 3.63) is 66.4 Å². The summed E-state index contributed by atoms with van der Waals surface area (Å²) in [6.45, 7) is 2.57. The van der Waals surface area contributed by atoms with Gasteiger partial charge in [0.25, 0.3) is 0 Å². The molecule has 0 unspecified atom stereocenters. The fraction of sp³-hybridized carbons (Fsp3) is 0.125. The molecular weight excluding hydrogens is 290 g/mol. The third-order valence-electron chi connectivity index (χ3n) is 3.53. The predicted molar refractivity (Wildman–Crippen MR) is 85.0 cm³/mol. The average molecular weight is 305 g/mol. The Morgan fingerprint density at radius 2 is 2.13 bits per heavy atom. The van der Waals surface area contributed by atoms with Crippen LogP contribution >= 0.6 is 0 Å². The molecule has 4 aromatic rings. The predicted octanol–water partition coefficient (Wildman–Crippen LogP) is 2.21. The molecule has 3 heterocycles. The van der Waals surface area contributed by atoms with Crippen molar-refractivity contribution < 1.29 is 0 Å². The quantitative estimate of drug-likeness (QED) is 0.627. The maximum absolute atomic E-state index is 4.26. The van der Waals surface area contributed by atoms with Gasteiger partial charge in [-0.3, -0.25) is 5.10 Å². The van der Waals surface area contributed by atoms with Gasteiger partial charge in [-0.1, -0.05) is 17.3 Å². The molecule has 0 saturated heterocycles. The van der Waals surface area contributed by atoms with E-state index in [2.05, 4.69) is 25.6 Å². The zero-order chi connectivity index (χ0) is 15.6. The van der Waals surface area contributed by atoms with Gasteiger partial charge < -0.3 is 0 Å². The van der Waals surface area contributed by atoms with E-state index in [0.29, 0.717) is 6.54 Å². The molecule has 0 aliphatic rings. The van der Waals surface area contributed by atoms with E-state index in [0.717, 1.165) is 28.3 Å². The second-order valence-corrected chi connectivity index (χ2v) is 5.34. The second kappa shape index (κ2) is 5.53. The summed E-state index contributed by atoms with van der Waals surface area (Å²) in [5.41, 5.74) is 4.79. The second-order valence-electron chi connectivity index (χ2n) is 5.34. The minimum absolute atomic E-state index is 0.593. The van der Waals surface area contributed by atoms with Crippen molar-refractivity contribution in [2.24, 2.45) is 0 Å². The van der Waals surface area contributed by atoms with Crippen LogP contribution in [-0.2, 0) is 6.54 Å². The maximum atomic E-state index is 4.26. The molecule has 7 nitrogen and oxygen atoms in total. The zero-order valence-electron chi connectivity index (χ0n) is 12.6. The highest BCUT2D eigenvalue weighted by molar-refractivity contribution is 5.61. The smallest absolute Gasteiger partial charge is 0.113 e. The number of nitrogens with one attached hydrogen (secondary N) is 1. The SMILES string of the molecule is Cc1cc(Cn2cc(-c3cccc(-n4cccn4)c3)nn2)n[nH]1. The highest BCUT2D eigenvalue weighted by Gasteiger charge is 2.07. The Bertz CT molecular complexity index is 917. The number of nitrogens with zero attached hydrogens (tertiary/aromatic N) is 6. The molecule has 0 atom stereocenters. The number of hydrogen-bond donors (Lipinski definition) is 1. The Labute approximate surface area is 132 Å². The van der Waals surface area contributed by atoms with Gasteiger partial charge in [0, 0.05) is 23.7 Å². The number of rotatable bonds is 4. The highest BCUT2D eigenvalue weighted by atomic mass is 15.4. The number of hydrogen-bond acceptors (Lipinski definition) is 4. The molecule has 3 aromatic heterocycles. The van der Waals surface area contributed by atoms with E-state index in [1.807, 2.05) is 60.4 Å². The lowest BCUT2D eigenvalue weighted by Crippen LogP contribution is -2.00. The summed E-state index contributed by atoms with van der Waals surface area (Å²) in [6, 6.07) is 11.9. The molecule has 4 rings (SSSR count). The fourth-order valence-corrected chi connectivity index (χ4v) is 2.46. The third kappa shape index (κ3) is 2.76. The largest absolute Gasteiger partial charge is 0.283 e. The Kier molecular flexibility index (Phi) is 3.23. The van der Waals surface area contributed by atoms with Gasteiger partial charge in [0.2, 0.25) is 0 Å². The van der Waals surface area contributed by atoms with E-state index in [1.165, 1.54) is 0 Å². The van der Waals surface area contributed by atoms with Crippen LogP contribution in [0.2, 0.25) is 0 Å². The first-order valence-corrected chi connectivity index (χ1v) is 7.29. The van der Waals surface area contributed by atoms with E-state index in [-0.39, 0.29) is 0 Å². The van der Waals surface area contributed by atoms with E-state index in [4.69, 9.17) is 0 Å². The number of aromatic nitrogens is 7. The van der Waals surface area contributed by atoms with Gasteiger partial charge in [-0.25, -0.2) is 9.36 Å². The Hall–Kier alpha value is -3.22. The molecule has 0 radical (unpaired) electrons. The summed E-state index contributed by atoms with van der Waals surface area (Å²) in [4.78, 5) is 0. The topological polar surface area (TPSA) is 77.2 Å². The number of aryl methyl sites for hydroxylation is 1. The van der Waals surface area contributed by atoms with Crippen LogP contribution in [0.1, 0.15) is 11.4 Å². The van der Waals surface area contributed by atoms with Gasteiger partial charge >= 0.3 is 0 Å². The van der Waals surface area contributed by atoms with Crippen LogP contribution in [0, 0.1) is 6.92 Å². The van der Waals surface area contributed by atoms with Gasteiger partial charge in [0.1, 0.15) is 5.69 Å². The Morgan fingerprint density at radius 3 is 2.91 bits per heavy atom. The lowest BCUT2D eigenvalue weighted by atomic mass is 10.1. The van der Waals surface area contributed by atoms with Crippen molar-refractivity contribution in [1.29, 1.82) is 0 Å². The van der Waals surface area contributed by atoms with Gasteiger partial charge in [0.15, 0.2) is 0 Å². The maximum Gasteiger partial charge on any atom is 0.113 e. The molecular formula is C16H15N7. The molecule has 1 N–H and O–H groups in total. The standard InChI is InChI=1S/C16H15N7/c1-12-8-14(19-18-12)10-22-11-16(20-21-22)13-4-2-5-15(9-13)23-7-3-6-17-23/h2-9,11H,10H2,1H3,(H,18,19). The van der Waals surface area contributed by atoms with Crippen LogP contribution < -0.4 is 0 Å². The first-order valence-electron chi connectivity index (χ1n) is 7.29. The lowest BCUT2D eigenvalue weighted by Gasteiger charge is -2.02. The summed E-state index contributed by atoms with van der Waals surface area (Å²) in [7, 11) is 0. The number of H-pyrrole nitrogens is 1. The van der Waals surface area contributed by atoms with E-state index >= 15 is 0 Å². The monoisotopic (exact) mass is 305 g/mol. The summed E-state index contributed by atoms with van der Waals surface area (Å²) in [5, 5.41) is 19.8. The van der Waals surface area contributed by atoms with E-state index < -0.39 is 0 Å². The van der Waals surface area contributed by atoms with Crippen LogP contribution in [0.3, 0.4) is 0 Å². The summed E-state index contributed by atoms with van der Waals surface area (Å²) >= 11 is 0. The van der Waals surface area contributed by atoms with Crippen molar-refractivity contribution in [3.63, 3.8) is 0 Å². The van der Waals surface area contributed by atoms with Crippen molar-refractivity contribution in [2.45, 2.75) is 13.5 Å². The summed E-state index contributed by atoms with van der Waals surface area (Å²) in [5.74, 6) is 0. The van der Waals surface area contributed by atoms with Crippen LogP contribution in [0.4, 0.5) is 0 Å². The molecule has 0 amide bonds. The highest BCUT2D eigenvalue weighted by Crippen LogP contribution is 2.19. The summed E-state index contributed by atoms with van der Waals surface area (Å²) < 4.78 is 3.60. The van der Waals surface area contributed by atoms with Gasteiger partial charge in [-0.2, -0.15) is 10.2 Å². The molecule has 0 spiro atoms. The van der Waals surface area contributed by atoms with Gasteiger partial charge in [-0.05, 0) is 31.2 Å². The fourth-order valence-electron chi connectivity index (χ4n) is 2.46. The summed E-state index contributed by atoms with van der Waals surface area (Å²) in [6.07, 6.45) is 5.59. The van der Waals surface area contributed by atoms with Crippen molar-refractivity contribution in [2.75, 3.05) is 0 Å². The van der Waals surface area contributed by atoms with Gasteiger partial charge in [-0.15, -0.1) is 5.10 Å². The van der Waals surface area contributed by atoms with E-state index in [9.17, 15) is 0 Å². The molecule has 0 saturated carbocycles. The molecule has 0 aliphatic carbocycles. The van der Waals surface area contributed by atoms with Crippen molar-refractivity contribution >= 4 is 0 Å². The van der Waals surface area contributed by atoms with Crippen LogP contribution in [0.5, 0.6) is 0 Å². The molecule has 1 aromatic carbocycles. The lowest BCUT2D eigenvalue weighted by molar-refractivity contribution is 0.637. The van der Waals surface area contributed by atoms with Crippen LogP contribution in [0.15, 0.2) is 55.0 Å². The van der Waals surface area contributed by atoms with E-state index in [1.54, 1.807) is 10.9 Å². The molecule has 7 heteroatoms. The molecule has 0 bridgehead atoms. The zero-order valence-corrected chi connectivity index (χ0v) is 12.6. The van der Waals surface area contributed by atoms with Crippen LogP contribution in [-0.4, -0.2) is 35.0 Å². The minimum Gasteiger partial charge on any atom is -0.283 e. The first kappa shape index (κ1) is 13.4. The van der Waals surface area contributed by atoms with Crippen molar-refractivity contribution in [3.8, 4) is 16.9 Å². The third-order valence-corrected chi connectivity index (χ3v) is 3.53. The molecule has 114 valence electrons. The van der Waals surface area contributed by atoms with Crippen molar-refractivity contribution in [1.82, 2.24) is 35.0 Å².